The fourth-order valence-corrected chi connectivity index (χ4v) is 1.71. The highest BCUT2D eigenvalue weighted by Gasteiger charge is 2.24. The zero-order valence-corrected chi connectivity index (χ0v) is 9.90. The number of methoxy groups -OCH3 is 1. The van der Waals surface area contributed by atoms with E-state index >= 15 is 0 Å². The maximum Gasteiger partial charge on any atom is 0.327 e. The summed E-state index contributed by atoms with van der Waals surface area (Å²) in [5.41, 5.74) is 5.80. The van der Waals surface area contributed by atoms with Gasteiger partial charge in [-0.2, -0.15) is 0 Å². The second kappa shape index (κ2) is 4.99. The van der Waals surface area contributed by atoms with Gasteiger partial charge in [-0.1, -0.05) is 34.8 Å². The molecular weight excluding hydrogens is 262 g/mol. The third kappa shape index (κ3) is 2.52. The monoisotopic (exact) mass is 268 g/mol. The fraction of sp³-hybridized carbons (Fsp3) is 0.250. The second-order valence-electron chi connectivity index (χ2n) is 2.63. The minimum Gasteiger partial charge on any atom is -0.468 e. The number of hydrogen-bond acceptors (Lipinski definition) is 4. The molecule has 0 aliphatic rings. The summed E-state index contributed by atoms with van der Waals surface area (Å²) >= 11 is 17.3. The lowest BCUT2D eigenvalue weighted by Gasteiger charge is -2.13. The van der Waals surface area contributed by atoms with Gasteiger partial charge < -0.3 is 10.5 Å². The van der Waals surface area contributed by atoms with Gasteiger partial charge in [-0.05, 0) is 0 Å². The SMILES string of the molecule is COC(=O)[C@@H](N)c1c(Cl)cnc(Cl)c1Cl. The van der Waals surface area contributed by atoms with E-state index in [-0.39, 0.29) is 20.8 Å². The zero-order valence-electron chi connectivity index (χ0n) is 7.63. The van der Waals surface area contributed by atoms with E-state index in [0.717, 1.165) is 0 Å². The Balaban J connectivity index is 3.24. The van der Waals surface area contributed by atoms with Crippen LogP contribution in [0.1, 0.15) is 11.6 Å². The molecule has 0 aliphatic heterocycles. The molecule has 4 nitrogen and oxygen atoms in total. The Morgan fingerprint density at radius 1 is 1.53 bits per heavy atom. The number of pyridine rings is 1. The first kappa shape index (κ1) is 12.5. The van der Waals surface area contributed by atoms with E-state index in [9.17, 15) is 4.79 Å². The highest BCUT2D eigenvalue weighted by Crippen LogP contribution is 2.33. The maximum absolute atomic E-state index is 11.2. The molecule has 0 aromatic carbocycles. The van der Waals surface area contributed by atoms with E-state index in [4.69, 9.17) is 40.5 Å². The molecule has 0 bridgehead atoms. The van der Waals surface area contributed by atoms with Gasteiger partial charge in [0.15, 0.2) is 0 Å². The number of nitrogens with zero attached hydrogens (tertiary/aromatic N) is 1. The third-order valence-electron chi connectivity index (χ3n) is 1.73. The van der Waals surface area contributed by atoms with Crippen LogP contribution in [0, 0.1) is 0 Å². The van der Waals surface area contributed by atoms with Crippen molar-refractivity contribution in [2.75, 3.05) is 7.11 Å². The van der Waals surface area contributed by atoms with E-state index in [1.807, 2.05) is 0 Å². The van der Waals surface area contributed by atoms with Crippen molar-refractivity contribution in [3.8, 4) is 0 Å². The lowest BCUT2D eigenvalue weighted by atomic mass is 10.1. The molecule has 0 aliphatic carbocycles. The topological polar surface area (TPSA) is 65.2 Å². The molecule has 0 fully saturated rings. The predicted molar refractivity (Wildman–Crippen MR) is 58.2 cm³/mol. The number of ether oxygens (including phenoxy) is 1. The Morgan fingerprint density at radius 2 is 2.13 bits per heavy atom. The summed E-state index contributed by atoms with van der Waals surface area (Å²) in [5.74, 6) is -0.652. The fourth-order valence-electron chi connectivity index (χ4n) is 0.985. The van der Waals surface area contributed by atoms with Crippen molar-refractivity contribution in [1.29, 1.82) is 0 Å². The van der Waals surface area contributed by atoms with Gasteiger partial charge >= 0.3 is 5.97 Å². The summed E-state index contributed by atoms with van der Waals surface area (Å²) in [7, 11) is 1.22. The van der Waals surface area contributed by atoms with Gasteiger partial charge in [-0.15, -0.1) is 0 Å². The lowest BCUT2D eigenvalue weighted by molar-refractivity contribution is -0.142. The predicted octanol–water partition coefficient (Wildman–Crippen LogP) is 2.21. The van der Waals surface area contributed by atoms with Crippen LogP contribution in [0.5, 0.6) is 0 Å². The van der Waals surface area contributed by atoms with E-state index < -0.39 is 12.0 Å². The highest BCUT2D eigenvalue weighted by atomic mass is 35.5. The number of esters is 1. The Labute approximate surface area is 101 Å². The van der Waals surface area contributed by atoms with Crippen LogP contribution in [-0.4, -0.2) is 18.1 Å². The molecule has 0 saturated heterocycles. The van der Waals surface area contributed by atoms with E-state index in [1.165, 1.54) is 13.3 Å². The molecule has 1 aromatic heterocycles. The first-order chi connectivity index (χ1) is 6.99. The van der Waals surface area contributed by atoms with Gasteiger partial charge in [0.1, 0.15) is 11.2 Å². The Morgan fingerprint density at radius 3 is 2.67 bits per heavy atom. The molecular formula is C8H7Cl3N2O2. The van der Waals surface area contributed by atoms with Crippen LogP contribution in [0.25, 0.3) is 0 Å². The van der Waals surface area contributed by atoms with Gasteiger partial charge in [0.2, 0.25) is 0 Å². The molecule has 7 heteroatoms. The molecule has 82 valence electrons. The van der Waals surface area contributed by atoms with Crippen LogP contribution >= 0.6 is 34.8 Å². The number of carbonyl (C=O) groups is 1. The van der Waals surface area contributed by atoms with Crippen LogP contribution in [-0.2, 0) is 9.53 Å². The second-order valence-corrected chi connectivity index (χ2v) is 3.77. The normalized spacial score (nSPS) is 12.3. The molecule has 0 unspecified atom stereocenters. The average Bonchev–Trinajstić information content (AvgIpc) is 2.22. The quantitative estimate of drug-likeness (QED) is 0.660. The molecule has 0 amide bonds. The Bertz CT molecular complexity index is 398. The van der Waals surface area contributed by atoms with Crippen molar-refractivity contribution in [2.24, 2.45) is 5.73 Å². The number of carbonyl (C=O) groups excluding carboxylic acids is 1. The van der Waals surface area contributed by atoms with Gasteiger partial charge in [0.05, 0.1) is 17.2 Å². The summed E-state index contributed by atoms with van der Waals surface area (Å²) in [6.07, 6.45) is 1.27. The number of rotatable bonds is 2. The van der Waals surface area contributed by atoms with Crippen LogP contribution in [0.4, 0.5) is 0 Å². The van der Waals surface area contributed by atoms with Crippen molar-refractivity contribution >= 4 is 40.8 Å². The van der Waals surface area contributed by atoms with Crippen molar-refractivity contribution < 1.29 is 9.53 Å². The summed E-state index contributed by atoms with van der Waals surface area (Å²) in [6.45, 7) is 0. The summed E-state index contributed by atoms with van der Waals surface area (Å²) < 4.78 is 4.47. The van der Waals surface area contributed by atoms with Crippen LogP contribution in [0.2, 0.25) is 15.2 Å². The van der Waals surface area contributed by atoms with Crippen molar-refractivity contribution in [3.63, 3.8) is 0 Å². The molecule has 2 N–H and O–H groups in total. The van der Waals surface area contributed by atoms with Gasteiger partial charge in [-0.25, -0.2) is 4.98 Å². The van der Waals surface area contributed by atoms with Gasteiger partial charge in [-0.3, -0.25) is 4.79 Å². The van der Waals surface area contributed by atoms with Gasteiger partial charge in [0, 0.05) is 11.8 Å². The standard InChI is InChI=1S/C8H7Cl3N2O2/c1-15-8(14)6(12)4-3(9)2-13-7(11)5(4)10/h2,6H,12H2,1H3/t6-/m0/s1. The van der Waals surface area contributed by atoms with E-state index in [2.05, 4.69) is 9.72 Å². The third-order valence-corrected chi connectivity index (χ3v) is 2.80. The van der Waals surface area contributed by atoms with Crippen molar-refractivity contribution in [3.05, 3.63) is 27.0 Å². The Hall–Kier alpha value is -0.550. The highest BCUT2D eigenvalue weighted by molar-refractivity contribution is 6.43. The first-order valence-electron chi connectivity index (χ1n) is 3.81. The number of nitrogens with two attached hydrogens (primary N) is 1. The van der Waals surface area contributed by atoms with E-state index in [0.29, 0.717) is 0 Å². The summed E-state index contributed by atoms with van der Waals surface area (Å²) in [6, 6.07) is -1.07. The average molecular weight is 270 g/mol. The van der Waals surface area contributed by atoms with E-state index in [1.54, 1.807) is 0 Å². The number of hydrogen-bond donors (Lipinski definition) is 1. The molecule has 0 saturated carbocycles. The number of halogens is 3. The number of aromatic nitrogens is 1. The molecule has 0 spiro atoms. The summed E-state index contributed by atoms with van der Waals surface area (Å²) in [5, 5.41) is 0.264. The smallest absolute Gasteiger partial charge is 0.327 e. The molecule has 1 heterocycles. The summed E-state index contributed by atoms with van der Waals surface area (Å²) in [4.78, 5) is 14.9. The van der Waals surface area contributed by atoms with Gasteiger partial charge in [0.25, 0.3) is 0 Å². The molecule has 1 aromatic rings. The maximum atomic E-state index is 11.2. The lowest BCUT2D eigenvalue weighted by Crippen LogP contribution is -2.23. The molecule has 1 rings (SSSR count). The van der Waals surface area contributed by atoms with Crippen LogP contribution in [0.3, 0.4) is 0 Å². The van der Waals surface area contributed by atoms with Crippen LogP contribution < -0.4 is 5.73 Å². The van der Waals surface area contributed by atoms with Crippen molar-refractivity contribution in [1.82, 2.24) is 4.98 Å². The zero-order chi connectivity index (χ0) is 11.6. The molecule has 15 heavy (non-hydrogen) atoms. The molecule has 0 radical (unpaired) electrons. The Kier molecular flexibility index (Phi) is 4.16. The van der Waals surface area contributed by atoms with Crippen LogP contribution in [0.15, 0.2) is 6.20 Å². The van der Waals surface area contributed by atoms with Crippen molar-refractivity contribution in [2.45, 2.75) is 6.04 Å². The minimum atomic E-state index is -1.07. The minimum absolute atomic E-state index is 0.0374. The largest absolute Gasteiger partial charge is 0.468 e. The first-order valence-corrected chi connectivity index (χ1v) is 4.95. The molecule has 1 atom stereocenters.